The third kappa shape index (κ3) is 6.38. The maximum Gasteiger partial charge on any atom is 0.186 e. The SMILES string of the molecule is C[C@H](CCC(=O)[C@@H](C)[C@H]1C(=O)C[C@H]2[C@@H]3CC=C4CC(C(C)(C)C)CC[C@]4(C)[C@H]3CC[C@]12C)CO[C@@H]1OC(CO)[C@@H](O)[C@H](O)C1O. The normalized spacial score (nSPS) is 44.8. The molecule has 5 rings (SSSR count). The van der Waals surface area contributed by atoms with Gasteiger partial charge >= 0.3 is 0 Å². The number of Topliss-reactive ketones (excluding diaryl/α,β-unsaturated/α-hetero) is 2. The summed E-state index contributed by atoms with van der Waals surface area (Å²) in [4.78, 5) is 27.3. The van der Waals surface area contributed by atoms with Gasteiger partial charge in [0.2, 0.25) is 0 Å². The molecular formula is C37H60O8. The van der Waals surface area contributed by atoms with Gasteiger partial charge in [0.15, 0.2) is 6.29 Å². The number of rotatable bonds is 9. The molecule has 4 aliphatic carbocycles. The Labute approximate surface area is 270 Å². The molecule has 0 radical (unpaired) electrons. The van der Waals surface area contributed by atoms with Crippen LogP contribution in [0.4, 0.5) is 0 Å². The Morgan fingerprint density at radius 1 is 1.04 bits per heavy atom. The Hall–Kier alpha value is -1.16. The lowest BCUT2D eigenvalue weighted by Crippen LogP contribution is -2.59. The van der Waals surface area contributed by atoms with E-state index in [4.69, 9.17) is 9.47 Å². The van der Waals surface area contributed by atoms with Crippen molar-refractivity contribution in [3.8, 4) is 0 Å². The second kappa shape index (κ2) is 13.0. The molecule has 14 atom stereocenters. The van der Waals surface area contributed by atoms with Gasteiger partial charge in [0, 0.05) is 24.7 Å². The summed E-state index contributed by atoms with van der Waals surface area (Å²) in [5.41, 5.74) is 2.10. The van der Waals surface area contributed by atoms with E-state index in [-0.39, 0.29) is 46.8 Å². The van der Waals surface area contributed by atoms with E-state index in [9.17, 15) is 30.0 Å². The van der Waals surface area contributed by atoms with Gasteiger partial charge < -0.3 is 29.9 Å². The highest BCUT2D eigenvalue weighted by Gasteiger charge is 2.62. The molecule has 0 aromatic heterocycles. The fourth-order valence-corrected chi connectivity index (χ4v) is 10.4. The number of hydrogen-bond acceptors (Lipinski definition) is 8. The molecule has 0 bridgehead atoms. The van der Waals surface area contributed by atoms with Crippen molar-refractivity contribution in [1.29, 1.82) is 0 Å². The van der Waals surface area contributed by atoms with Crippen LogP contribution in [0.5, 0.6) is 0 Å². The molecule has 3 unspecified atom stereocenters. The van der Waals surface area contributed by atoms with Gasteiger partial charge in [-0.15, -0.1) is 0 Å². The summed E-state index contributed by atoms with van der Waals surface area (Å²) in [5, 5.41) is 39.6. The van der Waals surface area contributed by atoms with Crippen LogP contribution in [0, 0.1) is 57.7 Å². The van der Waals surface area contributed by atoms with E-state index in [1.807, 2.05) is 13.8 Å². The van der Waals surface area contributed by atoms with Crippen LogP contribution in [0.15, 0.2) is 11.6 Å². The minimum atomic E-state index is -1.49. The predicted molar refractivity (Wildman–Crippen MR) is 171 cm³/mol. The zero-order valence-corrected chi connectivity index (χ0v) is 28.7. The quantitative estimate of drug-likeness (QED) is 0.265. The summed E-state index contributed by atoms with van der Waals surface area (Å²) >= 11 is 0. The summed E-state index contributed by atoms with van der Waals surface area (Å²) < 4.78 is 11.1. The van der Waals surface area contributed by atoms with Crippen LogP contribution in [-0.2, 0) is 19.1 Å². The Morgan fingerprint density at radius 2 is 1.76 bits per heavy atom. The second-order valence-corrected chi connectivity index (χ2v) is 17.2. The minimum absolute atomic E-state index is 0.0380. The number of aliphatic hydroxyl groups is 4. The summed E-state index contributed by atoms with van der Waals surface area (Å²) in [5.74, 6) is 2.01. The Morgan fingerprint density at radius 3 is 2.42 bits per heavy atom. The number of aliphatic hydroxyl groups excluding tert-OH is 4. The summed E-state index contributed by atoms with van der Waals surface area (Å²) in [6.45, 7) is 15.5. The zero-order valence-electron chi connectivity index (χ0n) is 28.7. The first-order valence-corrected chi connectivity index (χ1v) is 17.7. The lowest BCUT2D eigenvalue weighted by molar-refractivity contribution is -0.303. The van der Waals surface area contributed by atoms with E-state index in [1.165, 1.54) is 19.3 Å². The van der Waals surface area contributed by atoms with E-state index < -0.39 is 37.3 Å². The number of fused-ring (bicyclic) bond motifs is 5. The lowest BCUT2D eigenvalue weighted by Gasteiger charge is -2.59. The molecule has 8 nitrogen and oxygen atoms in total. The molecule has 4 fully saturated rings. The van der Waals surface area contributed by atoms with Crippen LogP contribution in [0.2, 0.25) is 0 Å². The predicted octanol–water partition coefficient (Wildman–Crippen LogP) is 4.84. The largest absolute Gasteiger partial charge is 0.394 e. The Bertz CT molecular complexity index is 1130. The van der Waals surface area contributed by atoms with Crippen LogP contribution in [-0.4, -0.2) is 75.9 Å². The Kier molecular flexibility index (Phi) is 10.2. The van der Waals surface area contributed by atoms with Crippen LogP contribution in [0.3, 0.4) is 0 Å². The van der Waals surface area contributed by atoms with Gasteiger partial charge in [-0.2, -0.15) is 0 Å². The van der Waals surface area contributed by atoms with Gasteiger partial charge in [0.25, 0.3) is 0 Å². The van der Waals surface area contributed by atoms with Crippen molar-refractivity contribution in [3.63, 3.8) is 0 Å². The standard InChI is InChI=1S/C37H60O8/c1-20(19-44-34-33(43)32(42)31(41)29(18-38)45-34)8-11-27(39)21(2)30-28(40)17-26-24-10-9-23-16-22(35(3,4)5)12-14-36(23,6)25(24)13-15-37(26,30)7/h9,20-22,24-26,29-34,38,41-43H,8,10-19H2,1-7H3/t20-,21-,22?,24-,25+,26+,29?,30+,31-,32+,33?,34-,36+,37+/m1/s1. The van der Waals surface area contributed by atoms with Crippen molar-refractivity contribution in [3.05, 3.63) is 11.6 Å². The van der Waals surface area contributed by atoms with Gasteiger partial charge in [-0.25, -0.2) is 0 Å². The van der Waals surface area contributed by atoms with Crippen molar-refractivity contribution >= 4 is 11.6 Å². The monoisotopic (exact) mass is 632 g/mol. The number of carbonyl (C=O) groups is 2. The topological polar surface area (TPSA) is 134 Å². The van der Waals surface area contributed by atoms with Crippen molar-refractivity contribution in [1.82, 2.24) is 0 Å². The number of hydrogen-bond donors (Lipinski definition) is 4. The number of ether oxygens (including phenoxy) is 2. The van der Waals surface area contributed by atoms with E-state index in [2.05, 4.69) is 40.7 Å². The zero-order chi connectivity index (χ0) is 33.1. The number of carbonyl (C=O) groups excluding carboxylic acids is 2. The van der Waals surface area contributed by atoms with Gasteiger partial charge in [0.1, 0.15) is 36.0 Å². The third-order valence-electron chi connectivity index (χ3n) is 13.5. The average molecular weight is 633 g/mol. The van der Waals surface area contributed by atoms with E-state index in [0.717, 1.165) is 25.2 Å². The van der Waals surface area contributed by atoms with Crippen molar-refractivity contribution in [2.45, 2.75) is 137 Å². The highest BCUT2D eigenvalue weighted by Crippen LogP contribution is 2.67. The molecule has 45 heavy (non-hydrogen) atoms. The molecule has 0 aromatic carbocycles. The molecule has 0 amide bonds. The van der Waals surface area contributed by atoms with Crippen molar-refractivity contribution in [2.75, 3.05) is 13.2 Å². The molecule has 0 spiro atoms. The molecule has 256 valence electrons. The number of allylic oxidation sites excluding steroid dienone is 2. The molecule has 1 aliphatic heterocycles. The lowest BCUT2D eigenvalue weighted by atomic mass is 9.46. The first kappa shape index (κ1) is 35.2. The second-order valence-electron chi connectivity index (χ2n) is 17.2. The molecule has 5 aliphatic rings. The average Bonchev–Trinajstić information content (AvgIpc) is 3.26. The van der Waals surface area contributed by atoms with Gasteiger partial charge in [-0.3, -0.25) is 9.59 Å². The van der Waals surface area contributed by atoms with Crippen molar-refractivity contribution in [2.24, 2.45) is 57.7 Å². The van der Waals surface area contributed by atoms with Gasteiger partial charge in [0.05, 0.1) is 13.2 Å². The molecule has 1 heterocycles. The van der Waals surface area contributed by atoms with E-state index in [0.29, 0.717) is 42.4 Å². The highest BCUT2D eigenvalue weighted by atomic mass is 16.7. The molecular weight excluding hydrogens is 572 g/mol. The van der Waals surface area contributed by atoms with Gasteiger partial charge in [-0.1, -0.05) is 60.1 Å². The summed E-state index contributed by atoms with van der Waals surface area (Å²) in [6, 6.07) is 0. The maximum atomic E-state index is 13.7. The van der Waals surface area contributed by atoms with Crippen LogP contribution in [0.1, 0.15) is 106 Å². The number of ketones is 2. The molecule has 4 N–H and O–H groups in total. The van der Waals surface area contributed by atoms with E-state index in [1.54, 1.807) is 5.57 Å². The first-order chi connectivity index (χ1) is 21.0. The molecule has 8 heteroatoms. The van der Waals surface area contributed by atoms with Gasteiger partial charge in [-0.05, 0) is 90.8 Å². The van der Waals surface area contributed by atoms with Crippen molar-refractivity contribution < 1.29 is 39.5 Å². The maximum absolute atomic E-state index is 13.7. The molecule has 1 saturated heterocycles. The molecule has 3 saturated carbocycles. The first-order valence-electron chi connectivity index (χ1n) is 17.7. The third-order valence-corrected chi connectivity index (χ3v) is 13.5. The fraction of sp³-hybridized carbons (Fsp3) is 0.892. The minimum Gasteiger partial charge on any atom is -0.394 e. The summed E-state index contributed by atoms with van der Waals surface area (Å²) in [6.07, 6.45) is 4.48. The summed E-state index contributed by atoms with van der Waals surface area (Å²) in [7, 11) is 0. The Balaban J connectivity index is 1.18. The highest BCUT2D eigenvalue weighted by molar-refractivity contribution is 5.92. The smallest absolute Gasteiger partial charge is 0.186 e. The van der Waals surface area contributed by atoms with Crippen LogP contribution >= 0.6 is 0 Å². The van der Waals surface area contributed by atoms with Crippen LogP contribution in [0.25, 0.3) is 0 Å². The molecule has 0 aromatic rings. The fourth-order valence-electron chi connectivity index (χ4n) is 10.4. The van der Waals surface area contributed by atoms with Crippen LogP contribution < -0.4 is 0 Å². The van der Waals surface area contributed by atoms with E-state index >= 15 is 0 Å².